The first-order chi connectivity index (χ1) is 20.2. The summed E-state index contributed by atoms with van der Waals surface area (Å²) in [6.45, 7) is 6.34. The molecule has 1 aliphatic heterocycles. The Morgan fingerprint density at radius 1 is 1.07 bits per heavy atom. The van der Waals surface area contributed by atoms with Crippen LogP contribution in [0.2, 0.25) is 10.0 Å². The summed E-state index contributed by atoms with van der Waals surface area (Å²) in [6.07, 6.45) is 1.83. The van der Waals surface area contributed by atoms with Gasteiger partial charge in [0.15, 0.2) is 11.6 Å². The highest BCUT2D eigenvalue weighted by Gasteiger charge is 2.43. The fourth-order valence-corrected chi connectivity index (χ4v) is 8.21. The number of carboxylic acid groups (broad SMARTS) is 1. The fourth-order valence-electron chi connectivity index (χ4n) is 4.99. The molecule has 1 unspecified atom stereocenters. The van der Waals surface area contributed by atoms with Crippen LogP contribution in [0.25, 0.3) is 16.7 Å². The van der Waals surface area contributed by atoms with Crippen molar-refractivity contribution in [3.63, 3.8) is 0 Å². The molecule has 43 heavy (non-hydrogen) atoms. The van der Waals surface area contributed by atoms with Crippen LogP contribution in [-0.2, 0) is 19.6 Å². The second-order valence-electron chi connectivity index (χ2n) is 11.1. The van der Waals surface area contributed by atoms with Crippen molar-refractivity contribution in [3.05, 3.63) is 68.3 Å². The summed E-state index contributed by atoms with van der Waals surface area (Å²) in [6, 6.07) is 10.9. The molecule has 3 heterocycles. The van der Waals surface area contributed by atoms with E-state index >= 15 is 0 Å². The molecule has 226 valence electrons. The Bertz CT molecular complexity index is 1820. The van der Waals surface area contributed by atoms with Crippen LogP contribution in [0.4, 0.5) is 11.5 Å². The van der Waals surface area contributed by atoms with Gasteiger partial charge in [0.1, 0.15) is 6.04 Å². The molecule has 5 rings (SSSR count). The Labute approximate surface area is 272 Å². The molecule has 0 aliphatic carbocycles. The van der Waals surface area contributed by atoms with Crippen molar-refractivity contribution in [2.24, 2.45) is 5.41 Å². The largest absolute Gasteiger partial charge is 0.480 e. The van der Waals surface area contributed by atoms with Gasteiger partial charge in [-0.3, -0.25) is 13.7 Å². The Kier molecular flexibility index (Phi) is 8.55. The predicted octanol–water partition coefficient (Wildman–Crippen LogP) is 4.96. The van der Waals surface area contributed by atoms with E-state index < -0.39 is 27.4 Å². The summed E-state index contributed by atoms with van der Waals surface area (Å²) in [5.74, 6) is -0.291. The molecule has 0 spiro atoms. The lowest BCUT2D eigenvalue weighted by Crippen LogP contribution is -2.52. The Hall–Kier alpha value is -3.14. The van der Waals surface area contributed by atoms with Crippen molar-refractivity contribution in [1.82, 2.24) is 20.1 Å². The number of nitrogens with zero attached hydrogens (tertiary/aromatic N) is 5. The molecule has 1 fully saturated rings. The van der Waals surface area contributed by atoms with Crippen molar-refractivity contribution >= 4 is 90.1 Å². The van der Waals surface area contributed by atoms with E-state index in [-0.39, 0.29) is 33.1 Å². The molecule has 2 aromatic carbocycles. The van der Waals surface area contributed by atoms with E-state index in [1.807, 2.05) is 15.7 Å². The van der Waals surface area contributed by atoms with Crippen LogP contribution in [0.15, 0.2) is 59.6 Å². The Morgan fingerprint density at radius 2 is 1.72 bits per heavy atom. The van der Waals surface area contributed by atoms with E-state index in [4.69, 9.17) is 23.2 Å². The topological polar surface area (TPSA) is 138 Å². The molecule has 1 amide bonds. The maximum atomic E-state index is 14.2. The third kappa shape index (κ3) is 6.26. The molecule has 15 heteroatoms. The van der Waals surface area contributed by atoms with Crippen LogP contribution in [0.3, 0.4) is 0 Å². The summed E-state index contributed by atoms with van der Waals surface area (Å²) < 4.78 is 31.8. The number of carbonyl (C=O) groups is 2. The second kappa shape index (κ2) is 11.7. The number of carboxylic acids is 1. The van der Waals surface area contributed by atoms with Crippen molar-refractivity contribution in [3.8, 4) is 5.82 Å². The van der Waals surface area contributed by atoms with Crippen molar-refractivity contribution in [2.45, 2.75) is 31.7 Å². The number of hydrogen-bond acceptors (Lipinski definition) is 7. The van der Waals surface area contributed by atoms with Gasteiger partial charge in [-0.1, -0.05) is 44.0 Å². The lowest BCUT2D eigenvalue weighted by molar-refractivity contribution is -0.140. The molecule has 2 aromatic heterocycles. The number of rotatable bonds is 7. The van der Waals surface area contributed by atoms with Gasteiger partial charge in [0.2, 0.25) is 5.91 Å². The molecule has 0 radical (unpaired) electrons. The number of hydrogen-bond donors (Lipinski definition) is 2. The molecule has 0 bridgehead atoms. The quantitative estimate of drug-likeness (QED) is 0.253. The van der Waals surface area contributed by atoms with E-state index in [9.17, 15) is 23.1 Å². The number of aromatic nitrogens is 3. The van der Waals surface area contributed by atoms with Gasteiger partial charge < -0.3 is 15.3 Å². The van der Waals surface area contributed by atoms with Crippen molar-refractivity contribution < 1.29 is 23.1 Å². The highest BCUT2D eigenvalue weighted by atomic mass is 127. The molecule has 4 aromatic rings. The fraction of sp³-hybridized carbons (Fsp3) is 0.286. The molecule has 1 saturated heterocycles. The number of anilines is 2. The zero-order valence-corrected chi connectivity index (χ0v) is 27.7. The van der Waals surface area contributed by atoms with Gasteiger partial charge in [-0.25, -0.2) is 13.2 Å². The standard InChI is InChI=1S/C28H27Cl2IN6O5S/c1-28(2,3)26(27(39)40)37(43(41,42)19-11-16(29)10-17(30)12-19)18-4-5-22-20(13-18)21(31)14-36(22)24-7-6-23(33-34-24)35-9-8-32-25(38)15-35/h4-7,10-14,26H,8-9,15H2,1-3H3,(H,32,38)(H,39,40). The average molecular weight is 757 g/mol. The molecule has 11 nitrogen and oxygen atoms in total. The van der Waals surface area contributed by atoms with E-state index in [0.29, 0.717) is 35.6 Å². The van der Waals surface area contributed by atoms with Crippen LogP contribution < -0.4 is 14.5 Å². The molecule has 1 aliphatic rings. The average Bonchev–Trinajstić information content (AvgIpc) is 3.25. The third-order valence-electron chi connectivity index (χ3n) is 6.92. The number of nitrogens with one attached hydrogen (secondary N) is 1. The number of carbonyl (C=O) groups excluding carboxylic acids is 1. The maximum absolute atomic E-state index is 14.2. The minimum atomic E-state index is -4.45. The van der Waals surface area contributed by atoms with E-state index in [2.05, 4.69) is 38.1 Å². The first-order valence-corrected chi connectivity index (χ1v) is 16.3. The van der Waals surface area contributed by atoms with E-state index in [1.54, 1.807) is 51.1 Å². The summed E-state index contributed by atoms with van der Waals surface area (Å²) >= 11 is 14.4. The number of halogens is 3. The first-order valence-electron chi connectivity index (χ1n) is 13.1. The highest BCUT2D eigenvalue weighted by Crippen LogP contribution is 2.38. The Morgan fingerprint density at radius 3 is 2.30 bits per heavy atom. The summed E-state index contributed by atoms with van der Waals surface area (Å²) in [5.41, 5.74) is -0.133. The molecule has 2 N–H and O–H groups in total. The highest BCUT2D eigenvalue weighted by molar-refractivity contribution is 14.1. The van der Waals surface area contributed by atoms with Gasteiger partial charge in [0.05, 0.1) is 22.6 Å². The van der Waals surface area contributed by atoms with Crippen LogP contribution in [-0.4, -0.2) is 65.8 Å². The van der Waals surface area contributed by atoms with Gasteiger partial charge >= 0.3 is 5.97 Å². The van der Waals surface area contributed by atoms with Gasteiger partial charge in [-0.2, -0.15) is 0 Å². The zero-order valence-electron chi connectivity index (χ0n) is 23.3. The first kappa shape index (κ1) is 31.3. The summed E-state index contributed by atoms with van der Waals surface area (Å²) in [4.78, 5) is 26.0. The number of piperazine rings is 1. The number of benzene rings is 2. The number of sulfonamides is 1. The third-order valence-corrected chi connectivity index (χ3v) is 9.99. The minimum Gasteiger partial charge on any atom is -0.480 e. The van der Waals surface area contributed by atoms with Gasteiger partial charge in [0.25, 0.3) is 10.0 Å². The minimum absolute atomic E-state index is 0.0787. The lowest BCUT2D eigenvalue weighted by Gasteiger charge is -2.37. The second-order valence-corrected chi connectivity index (χ2v) is 14.9. The monoisotopic (exact) mass is 756 g/mol. The van der Waals surface area contributed by atoms with E-state index in [1.165, 1.54) is 18.2 Å². The molecule has 0 saturated carbocycles. The number of aliphatic carboxylic acids is 1. The molecular weight excluding hydrogens is 730 g/mol. The van der Waals surface area contributed by atoms with Crippen LogP contribution >= 0.6 is 45.8 Å². The van der Waals surface area contributed by atoms with E-state index in [0.717, 1.165) is 7.88 Å². The number of fused-ring (bicyclic) bond motifs is 1. The summed E-state index contributed by atoms with van der Waals surface area (Å²) in [7, 11) is -4.45. The number of amides is 1. The smallest absolute Gasteiger partial charge is 0.328 e. The van der Waals surface area contributed by atoms with Crippen LogP contribution in [0.5, 0.6) is 0 Å². The van der Waals surface area contributed by atoms with Crippen LogP contribution in [0, 0.1) is 8.99 Å². The maximum Gasteiger partial charge on any atom is 0.328 e. The van der Waals surface area contributed by atoms with Crippen LogP contribution in [0.1, 0.15) is 20.8 Å². The van der Waals surface area contributed by atoms with Crippen molar-refractivity contribution in [2.75, 3.05) is 28.8 Å². The molecule has 1 atom stereocenters. The van der Waals surface area contributed by atoms with Gasteiger partial charge in [0, 0.05) is 38.3 Å². The van der Waals surface area contributed by atoms with Gasteiger partial charge in [-0.05, 0) is 76.5 Å². The zero-order chi connectivity index (χ0) is 31.3. The predicted molar refractivity (Wildman–Crippen MR) is 174 cm³/mol. The van der Waals surface area contributed by atoms with Gasteiger partial charge in [-0.15, -0.1) is 10.2 Å². The lowest BCUT2D eigenvalue weighted by atomic mass is 9.86. The van der Waals surface area contributed by atoms with Crippen molar-refractivity contribution in [1.29, 1.82) is 0 Å². The normalized spacial score (nSPS) is 14.9. The Balaban J connectivity index is 1.61. The SMILES string of the molecule is CC(C)(C)C(C(=O)O)N(c1ccc2c(c1)c(I)cn2-c1ccc(N2CCNC(=O)C2)nn1)S(=O)(=O)c1cc(Cl)cc(Cl)c1. The molecular formula is C28H27Cl2IN6O5S. The summed E-state index contributed by atoms with van der Waals surface area (Å²) in [5, 5.41) is 22.7.